The van der Waals surface area contributed by atoms with Crippen LogP contribution >= 0.6 is 0 Å². The van der Waals surface area contributed by atoms with E-state index in [-0.39, 0.29) is 25.1 Å². The Balaban J connectivity index is 0. The van der Waals surface area contributed by atoms with Gasteiger partial charge in [0.1, 0.15) is 0 Å². The van der Waals surface area contributed by atoms with E-state index in [9.17, 15) is 14.0 Å². The van der Waals surface area contributed by atoms with Crippen LogP contribution in [0.4, 0.5) is 4.39 Å². The third kappa shape index (κ3) is 5.86. The van der Waals surface area contributed by atoms with Gasteiger partial charge in [0.15, 0.2) is 6.67 Å². The molecule has 0 spiro atoms. The van der Waals surface area contributed by atoms with E-state index in [1.54, 1.807) is 0 Å². The Morgan fingerprint density at radius 2 is 2.00 bits per heavy atom. The van der Waals surface area contributed by atoms with Crippen molar-refractivity contribution in [1.82, 2.24) is 0 Å². The normalized spacial score (nSPS) is 7.82. The first-order valence-corrected chi connectivity index (χ1v) is 2.54. The van der Waals surface area contributed by atoms with Crippen molar-refractivity contribution in [2.24, 2.45) is 0 Å². The van der Waals surface area contributed by atoms with E-state index in [0.29, 0.717) is 0 Å². The summed E-state index contributed by atoms with van der Waals surface area (Å²) in [5.41, 5.74) is 0.0711. The van der Waals surface area contributed by atoms with Gasteiger partial charge in [-0.2, -0.15) is 0 Å². The topological polar surface area (TPSA) is 43.4 Å². The number of ether oxygens (including phenoxy) is 1. The van der Waals surface area contributed by atoms with Gasteiger partial charge in [-0.05, 0) is 6.92 Å². The van der Waals surface area contributed by atoms with Crippen LogP contribution in [-0.2, 0) is 33.8 Å². The van der Waals surface area contributed by atoms with Crippen LogP contribution in [0.5, 0.6) is 0 Å². The summed E-state index contributed by atoms with van der Waals surface area (Å²) in [4.78, 5) is 20.5. The van der Waals surface area contributed by atoms with Gasteiger partial charge in [0, 0.05) is 25.1 Å². The van der Waals surface area contributed by atoms with Gasteiger partial charge in [0.25, 0.3) is 0 Å². The van der Waals surface area contributed by atoms with Gasteiger partial charge in [0.2, 0.25) is 0 Å². The maximum atomic E-state index is 11.4. The molecule has 11 heavy (non-hydrogen) atoms. The first kappa shape index (κ1) is 13.1. The van der Waals surface area contributed by atoms with E-state index in [0.717, 1.165) is 0 Å². The summed E-state index contributed by atoms with van der Waals surface area (Å²) in [7, 11) is 0. The Kier molecular flexibility index (Phi) is 7.31. The molecule has 0 fully saturated rings. The maximum absolute atomic E-state index is 11.4. The molecule has 0 N–H and O–H groups in total. The third-order valence-electron chi connectivity index (χ3n) is 0.664. The van der Waals surface area contributed by atoms with E-state index in [4.69, 9.17) is 0 Å². The average molecular weight is 212 g/mol. The predicted octanol–water partition coefficient (Wildman–Crippen LogP) is 0.599. The quantitative estimate of drug-likeness (QED) is 0.291. The Bertz CT molecular complexity index is 179. The Morgan fingerprint density at radius 3 is 2.27 bits per heavy atom. The Morgan fingerprint density at radius 1 is 1.55 bits per heavy atom. The molecule has 0 amide bonds. The summed E-state index contributed by atoms with van der Waals surface area (Å²) in [6, 6.07) is 0. The van der Waals surface area contributed by atoms with Crippen molar-refractivity contribution < 1.29 is 38.2 Å². The van der Waals surface area contributed by atoms with Crippen LogP contribution in [0.1, 0.15) is 6.92 Å². The van der Waals surface area contributed by atoms with Crippen molar-refractivity contribution in [3.05, 3.63) is 12.2 Å². The number of esters is 2. The zero-order valence-corrected chi connectivity index (χ0v) is 9.19. The number of hydrogen-bond donors (Lipinski definition) is 0. The molecule has 0 aromatic rings. The fourth-order valence-electron chi connectivity index (χ4n) is 0.218. The fraction of sp³-hybridized carbons (Fsp3) is 0.333. The van der Waals surface area contributed by atoms with Gasteiger partial charge in [-0.25, -0.2) is 14.0 Å². The molecule has 0 radical (unpaired) electrons. The van der Waals surface area contributed by atoms with Gasteiger partial charge in [-0.1, -0.05) is 6.58 Å². The largest absolute Gasteiger partial charge is 0.388 e. The van der Waals surface area contributed by atoms with Crippen molar-refractivity contribution in [2.75, 3.05) is 6.67 Å². The van der Waals surface area contributed by atoms with Crippen LogP contribution in [0.25, 0.3) is 0 Å². The molecule has 0 unspecified atom stereocenters. The van der Waals surface area contributed by atoms with Crippen molar-refractivity contribution in [1.29, 1.82) is 0 Å². The summed E-state index contributed by atoms with van der Waals surface area (Å²) in [6.45, 7) is 3.27. The molecule has 5 heteroatoms. The first-order valence-electron chi connectivity index (χ1n) is 2.54. The van der Waals surface area contributed by atoms with Gasteiger partial charge >= 0.3 is 11.9 Å². The SMILES string of the molecule is C=C(C)C(=O)OC(=O)CF.[Zn]. The first-order chi connectivity index (χ1) is 4.57. The van der Waals surface area contributed by atoms with E-state index in [2.05, 4.69) is 11.3 Å². The van der Waals surface area contributed by atoms with Gasteiger partial charge in [-0.15, -0.1) is 0 Å². The van der Waals surface area contributed by atoms with Gasteiger partial charge in [0.05, 0.1) is 0 Å². The molecule has 0 atom stereocenters. The van der Waals surface area contributed by atoms with Crippen molar-refractivity contribution >= 4 is 11.9 Å². The summed E-state index contributed by atoms with van der Waals surface area (Å²) >= 11 is 0. The second-order valence-corrected chi connectivity index (χ2v) is 1.68. The van der Waals surface area contributed by atoms with Crippen LogP contribution < -0.4 is 0 Å². The average Bonchev–Trinajstić information content (AvgIpc) is 1.87. The molecule has 0 saturated heterocycles. The van der Waals surface area contributed by atoms with Crippen molar-refractivity contribution in [2.45, 2.75) is 6.92 Å². The molecule has 0 aromatic heterocycles. The minimum atomic E-state index is -1.29. The Hall–Kier alpha value is -0.567. The number of halogens is 1. The van der Waals surface area contributed by atoms with E-state index >= 15 is 0 Å². The van der Waals surface area contributed by atoms with Gasteiger partial charge < -0.3 is 4.74 Å². The zero-order chi connectivity index (χ0) is 8.15. The van der Waals surface area contributed by atoms with E-state index in [1.807, 2.05) is 0 Å². The molecule has 0 aliphatic carbocycles. The Labute approximate surface area is 76.4 Å². The standard InChI is InChI=1S/C6H7FO3.Zn/c1-4(2)6(9)10-5(8)3-7;/h1,3H2,2H3;. The second-order valence-electron chi connectivity index (χ2n) is 1.68. The smallest absolute Gasteiger partial charge is 0.345 e. The summed E-state index contributed by atoms with van der Waals surface area (Å²) < 4.78 is 15.3. The van der Waals surface area contributed by atoms with Crippen molar-refractivity contribution in [3.63, 3.8) is 0 Å². The molecular weight excluding hydrogens is 204 g/mol. The van der Waals surface area contributed by atoms with Crippen molar-refractivity contribution in [3.8, 4) is 0 Å². The number of carbonyl (C=O) groups is 2. The molecule has 3 nitrogen and oxygen atoms in total. The van der Waals surface area contributed by atoms with Crippen LogP contribution in [0.15, 0.2) is 12.2 Å². The minimum Gasteiger partial charge on any atom is -0.388 e. The predicted molar refractivity (Wildman–Crippen MR) is 31.9 cm³/mol. The molecule has 0 aliphatic rings. The van der Waals surface area contributed by atoms with Crippen LogP contribution in [0, 0.1) is 0 Å². The molecule has 58 valence electrons. The minimum absolute atomic E-state index is 0. The number of alkyl halides is 1. The summed E-state index contributed by atoms with van der Waals surface area (Å²) in [5, 5.41) is 0. The fourth-order valence-corrected chi connectivity index (χ4v) is 0.218. The van der Waals surface area contributed by atoms with Gasteiger partial charge in [-0.3, -0.25) is 0 Å². The molecule has 0 aromatic carbocycles. The maximum Gasteiger partial charge on any atom is 0.345 e. The monoisotopic (exact) mass is 210 g/mol. The number of hydrogen-bond acceptors (Lipinski definition) is 3. The number of carbonyl (C=O) groups excluding carboxylic acids is 2. The van der Waals surface area contributed by atoms with Crippen LogP contribution in [0.2, 0.25) is 0 Å². The molecule has 0 aliphatic heterocycles. The molecule has 0 saturated carbocycles. The molecule has 0 rings (SSSR count). The zero-order valence-electron chi connectivity index (χ0n) is 6.22. The molecular formula is C6H7FO3Zn. The van der Waals surface area contributed by atoms with Crippen LogP contribution in [0.3, 0.4) is 0 Å². The molecule has 0 heterocycles. The van der Waals surface area contributed by atoms with Crippen LogP contribution in [-0.4, -0.2) is 18.6 Å². The third-order valence-corrected chi connectivity index (χ3v) is 0.664. The van der Waals surface area contributed by atoms with E-state index in [1.165, 1.54) is 6.92 Å². The van der Waals surface area contributed by atoms with E-state index < -0.39 is 18.6 Å². The summed E-state index contributed by atoms with van der Waals surface area (Å²) in [6.07, 6.45) is 0. The number of rotatable bonds is 2. The summed E-state index contributed by atoms with van der Waals surface area (Å²) in [5.74, 6) is -2.07. The second kappa shape index (κ2) is 6.16. The molecule has 0 bridgehead atoms.